The van der Waals surface area contributed by atoms with E-state index in [0.29, 0.717) is 0 Å². The van der Waals surface area contributed by atoms with E-state index < -0.39 is 0 Å². The minimum Gasteiger partial charge on any atom is -0.358 e. The fourth-order valence-corrected chi connectivity index (χ4v) is 0.917. The van der Waals surface area contributed by atoms with Crippen LogP contribution in [0.1, 0.15) is 10.4 Å². The summed E-state index contributed by atoms with van der Waals surface area (Å²) >= 11 is 0. The van der Waals surface area contributed by atoms with Gasteiger partial charge in [-0.2, -0.15) is 19.8 Å². The molecule has 0 N–H and O–H groups in total. The summed E-state index contributed by atoms with van der Waals surface area (Å²) in [7, 11) is 0. The van der Waals surface area contributed by atoms with E-state index in [-0.39, 0.29) is 100 Å². The van der Waals surface area contributed by atoms with Crippen LogP contribution in [0.5, 0.6) is 0 Å². The summed E-state index contributed by atoms with van der Waals surface area (Å²) in [6.07, 6.45) is 0.833. The molecular weight excluding hydrogens is 436 g/mol. The van der Waals surface area contributed by atoms with Gasteiger partial charge in [0.2, 0.25) is 0 Å². The van der Waals surface area contributed by atoms with E-state index in [1.807, 2.05) is 54.6 Å². The standard InChI is InChI=1S/C7H6O.C6H6.2CH3.2H3P.2Y/c8-6-7-4-2-1-3-5-7;1-2-4-6-5-3-1;;;;;;/h1-6H;1-6H;4*1H3;;/q;;2*-1;;;;. The Morgan fingerprint density at radius 2 is 0.850 bits per heavy atom. The van der Waals surface area contributed by atoms with Crippen LogP contribution in [0.4, 0.5) is 0 Å². The monoisotopic (exact) mass is 460 g/mol. The van der Waals surface area contributed by atoms with E-state index in [0.717, 1.165) is 11.8 Å². The van der Waals surface area contributed by atoms with Gasteiger partial charge in [0.15, 0.2) is 0 Å². The predicted molar refractivity (Wildman–Crippen MR) is 93.3 cm³/mol. The molecule has 0 saturated heterocycles. The zero-order valence-electron chi connectivity index (χ0n) is 12.4. The molecule has 0 spiro atoms. The van der Waals surface area contributed by atoms with Gasteiger partial charge in [0.05, 0.1) is 0 Å². The molecule has 0 aromatic heterocycles. The summed E-state index contributed by atoms with van der Waals surface area (Å²) in [4.78, 5) is 10.0. The predicted octanol–water partition coefficient (Wildman–Crippen LogP) is 4.20. The third kappa shape index (κ3) is 21.5. The molecule has 108 valence electrons. The van der Waals surface area contributed by atoms with Crippen molar-refractivity contribution in [3.8, 4) is 0 Å². The second-order valence-corrected chi connectivity index (χ2v) is 2.68. The van der Waals surface area contributed by atoms with Gasteiger partial charge in [0, 0.05) is 71.0 Å². The van der Waals surface area contributed by atoms with E-state index >= 15 is 0 Å². The van der Waals surface area contributed by atoms with Crippen LogP contribution in [0, 0.1) is 14.9 Å². The molecule has 2 aromatic carbocycles. The quantitative estimate of drug-likeness (QED) is 0.355. The van der Waals surface area contributed by atoms with Crippen molar-refractivity contribution in [3.63, 3.8) is 0 Å². The van der Waals surface area contributed by atoms with Crippen LogP contribution in [-0.2, 0) is 65.4 Å². The molecule has 0 heterocycles. The SMILES string of the molecule is O=Cc1ccccc1.P.P.[CH3-].[CH3-].[Y].[Y].c1ccccc1. The Bertz CT molecular complexity index is 332. The van der Waals surface area contributed by atoms with E-state index in [4.69, 9.17) is 0 Å². The van der Waals surface area contributed by atoms with Gasteiger partial charge in [-0.15, -0.1) is 0 Å². The van der Waals surface area contributed by atoms with Crippen molar-refractivity contribution in [2.24, 2.45) is 0 Å². The Kier molecular flexibility index (Phi) is 53.1. The number of carbonyl (C=O) groups is 1. The van der Waals surface area contributed by atoms with Gasteiger partial charge in [-0.1, -0.05) is 66.7 Å². The van der Waals surface area contributed by atoms with Gasteiger partial charge in [-0.05, 0) is 0 Å². The molecule has 0 fully saturated rings. The van der Waals surface area contributed by atoms with E-state index in [1.54, 1.807) is 12.1 Å². The molecule has 1 nitrogen and oxygen atoms in total. The van der Waals surface area contributed by atoms with E-state index in [2.05, 4.69) is 0 Å². The van der Waals surface area contributed by atoms with Crippen LogP contribution in [0.2, 0.25) is 0 Å². The number of aldehydes is 1. The third-order valence-corrected chi connectivity index (χ3v) is 1.60. The van der Waals surface area contributed by atoms with Crippen LogP contribution in [0.15, 0.2) is 66.7 Å². The maximum absolute atomic E-state index is 10.0. The third-order valence-electron chi connectivity index (χ3n) is 1.60. The number of benzene rings is 2. The van der Waals surface area contributed by atoms with Crippen molar-refractivity contribution in [3.05, 3.63) is 87.1 Å². The fourth-order valence-electron chi connectivity index (χ4n) is 0.917. The summed E-state index contributed by atoms with van der Waals surface area (Å²) in [5.41, 5.74) is 0.729. The number of carbonyl (C=O) groups excluding carboxylic acids is 1. The minimum absolute atomic E-state index is 0. The van der Waals surface area contributed by atoms with Crippen molar-refractivity contribution in [1.82, 2.24) is 0 Å². The van der Waals surface area contributed by atoms with Gasteiger partial charge in [0.1, 0.15) is 6.29 Å². The molecule has 2 radical (unpaired) electrons. The average Bonchev–Trinajstić information content (AvgIpc) is 2.33. The largest absolute Gasteiger partial charge is 0.358 e. The van der Waals surface area contributed by atoms with Crippen LogP contribution in [0.25, 0.3) is 0 Å². The molecule has 20 heavy (non-hydrogen) atoms. The van der Waals surface area contributed by atoms with Crippen LogP contribution < -0.4 is 0 Å². The molecule has 2 unspecified atom stereocenters. The first-order valence-corrected chi connectivity index (χ1v) is 4.44. The van der Waals surface area contributed by atoms with E-state index in [9.17, 15) is 4.79 Å². The van der Waals surface area contributed by atoms with Gasteiger partial charge in [0.25, 0.3) is 0 Å². The Morgan fingerprint density at radius 1 is 0.600 bits per heavy atom. The second-order valence-electron chi connectivity index (χ2n) is 2.68. The number of rotatable bonds is 1. The van der Waals surface area contributed by atoms with Gasteiger partial charge < -0.3 is 14.9 Å². The maximum atomic E-state index is 10.0. The van der Waals surface area contributed by atoms with Gasteiger partial charge in [-0.3, -0.25) is 4.79 Å². The molecule has 0 amide bonds. The second kappa shape index (κ2) is 28.4. The van der Waals surface area contributed by atoms with Gasteiger partial charge in [-0.25, -0.2) is 0 Å². The molecule has 0 aliphatic carbocycles. The normalized spacial score (nSPS) is 5.80. The molecule has 0 saturated carbocycles. The van der Waals surface area contributed by atoms with Crippen LogP contribution in [-0.4, -0.2) is 6.29 Å². The topological polar surface area (TPSA) is 17.1 Å². The summed E-state index contributed by atoms with van der Waals surface area (Å²) in [6.45, 7) is 0. The average molecular weight is 460 g/mol. The Hall–Kier alpha value is 1.18. The van der Waals surface area contributed by atoms with Crippen molar-refractivity contribution in [1.29, 1.82) is 0 Å². The molecule has 2 aromatic rings. The summed E-state index contributed by atoms with van der Waals surface area (Å²) in [6, 6.07) is 21.1. The number of hydrogen-bond donors (Lipinski definition) is 0. The smallest absolute Gasteiger partial charge is 0.150 e. The van der Waals surface area contributed by atoms with Crippen molar-refractivity contribution in [2.75, 3.05) is 0 Å². The molecule has 5 heteroatoms. The Balaban J connectivity index is -0.0000000383. The number of hydrogen-bond acceptors (Lipinski definition) is 1. The van der Waals surface area contributed by atoms with Crippen LogP contribution in [0.3, 0.4) is 0 Å². The van der Waals surface area contributed by atoms with Crippen LogP contribution >= 0.6 is 19.8 Å². The first-order valence-electron chi connectivity index (χ1n) is 4.44. The first-order chi connectivity index (χ1) is 6.93. The molecular formula is C15H24OP2Y2-2. The first kappa shape index (κ1) is 37.4. The maximum Gasteiger partial charge on any atom is 0.150 e. The zero-order chi connectivity index (χ0) is 10.1. The Labute approximate surface area is 181 Å². The zero-order valence-corrected chi connectivity index (χ0v) is 20.9. The molecule has 0 aliphatic rings. The van der Waals surface area contributed by atoms with Crippen molar-refractivity contribution >= 4 is 26.1 Å². The molecule has 2 atom stereocenters. The van der Waals surface area contributed by atoms with Gasteiger partial charge >= 0.3 is 0 Å². The molecule has 0 bridgehead atoms. The molecule has 0 aliphatic heterocycles. The van der Waals surface area contributed by atoms with Crippen molar-refractivity contribution < 1.29 is 70.2 Å². The summed E-state index contributed by atoms with van der Waals surface area (Å²) < 4.78 is 0. The van der Waals surface area contributed by atoms with E-state index in [1.165, 1.54) is 0 Å². The summed E-state index contributed by atoms with van der Waals surface area (Å²) in [5.74, 6) is 0. The molecule has 2 rings (SSSR count). The van der Waals surface area contributed by atoms with Crippen molar-refractivity contribution in [2.45, 2.75) is 0 Å². The Morgan fingerprint density at radius 3 is 1.05 bits per heavy atom. The summed E-state index contributed by atoms with van der Waals surface area (Å²) in [5, 5.41) is 0. The minimum atomic E-state index is 0. The fraction of sp³-hybridized carbons (Fsp3) is 0.